The average molecular weight is 248 g/mol. The fourth-order valence-corrected chi connectivity index (χ4v) is 1.25. The molecule has 94 valence electrons. The molecule has 0 fully saturated rings. The van der Waals surface area contributed by atoms with Crippen LogP contribution in [0.2, 0.25) is 0 Å². The molecule has 1 rings (SSSR count). The van der Waals surface area contributed by atoms with Crippen LogP contribution in [0.5, 0.6) is 11.5 Å². The first-order valence-corrected chi connectivity index (χ1v) is 4.87. The molecule has 0 radical (unpaired) electrons. The van der Waals surface area contributed by atoms with Gasteiger partial charge in [0.15, 0.2) is 5.78 Å². The number of carbonyl (C=O) groups excluding carboxylic acids is 1. The lowest BCUT2D eigenvalue weighted by atomic mass is 10.1. The number of benzene rings is 1. The number of ketones is 1. The maximum atomic E-state index is 12.1. The van der Waals surface area contributed by atoms with Crippen molar-refractivity contribution in [3.63, 3.8) is 0 Å². The fourth-order valence-electron chi connectivity index (χ4n) is 1.25. The van der Waals surface area contributed by atoms with E-state index >= 15 is 0 Å². The molecule has 0 aromatic heterocycles. The van der Waals surface area contributed by atoms with Crippen LogP contribution in [0.25, 0.3) is 0 Å². The first-order chi connectivity index (χ1) is 7.83. The third-order valence-corrected chi connectivity index (χ3v) is 1.87. The highest BCUT2D eigenvalue weighted by Gasteiger charge is 2.32. The molecule has 0 amide bonds. The molecular weight excluding hydrogens is 237 g/mol. The number of ether oxygens (including phenoxy) is 2. The van der Waals surface area contributed by atoms with Crippen molar-refractivity contribution in [2.24, 2.45) is 0 Å². The van der Waals surface area contributed by atoms with Crippen molar-refractivity contribution in [1.29, 1.82) is 0 Å². The summed E-state index contributed by atoms with van der Waals surface area (Å²) in [6.45, 7) is 3.25. The molecule has 0 spiro atoms. The lowest BCUT2D eigenvalue weighted by Gasteiger charge is -2.13. The van der Waals surface area contributed by atoms with Gasteiger partial charge in [0.25, 0.3) is 0 Å². The Morgan fingerprint density at radius 3 is 2.47 bits per heavy atom. The van der Waals surface area contributed by atoms with Gasteiger partial charge in [-0.1, -0.05) is 0 Å². The van der Waals surface area contributed by atoms with E-state index in [2.05, 4.69) is 4.74 Å². The van der Waals surface area contributed by atoms with Gasteiger partial charge in [-0.3, -0.25) is 4.79 Å². The molecule has 0 saturated carbocycles. The van der Waals surface area contributed by atoms with Crippen molar-refractivity contribution in [1.82, 2.24) is 0 Å². The second-order valence-corrected chi connectivity index (χ2v) is 3.19. The van der Waals surface area contributed by atoms with Crippen molar-refractivity contribution >= 4 is 5.78 Å². The van der Waals surface area contributed by atoms with E-state index in [4.69, 9.17) is 4.74 Å². The van der Waals surface area contributed by atoms with Crippen LogP contribution in [0.4, 0.5) is 13.2 Å². The highest BCUT2D eigenvalue weighted by molar-refractivity contribution is 5.97. The van der Waals surface area contributed by atoms with Crippen molar-refractivity contribution in [2.45, 2.75) is 20.2 Å². The van der Waals surface area contributed by atoms with E-state index in [1.165, 1.54) is 12.1 Å². The highest BCUT2D eigenvalue weighted by atomic mass is 19.4. The molecule has 1 aromatic rings. The summed E-state index contributed by atoms with van der Waals surface area (Å²) in [5.74, 6) is -0.716. The monoisotopic (exact) mass is 248 g/mol. The molecular formula is C11H11F3O3. The van der Waals surface area contributed by atoms with Crippen LogP contribution >= 0.6 is 0 Å². The van der Waals surface area contributed by atoms with Gasteiger partial charge in [0.2, 0.25) is 0 Å². The normalized spacial score (nSPS) is 11.1. The molecule has 0 N–H and O–H groups in total. The minimum absolute atomic E-state index is 0.159. The molecule has 0 aliphatic rings. The zero-order valence-corrected chi connectivity index (χ0v) is 9.30. The number of rotatable bonds is 4. The zero-order chi connectivity index (χ0) is 13.1. The fraction of sp³-hybridized carbons (Fsp3) is 0.364. The first kappa shape index (κ1) is 13.3. The lowest BCUT2D eigenvalue weighted by molar-refractivity contribution is -0.274. The van der Waals surface area contributed by atoms with Gasteiger partial charge < -0.3 is 9.47 Å². The molecule has 0 aliphatic heterocycles. The maximum Gasteiger partial charge on any atom is 0.573 e. The van der Waals surface area contributed by atoms with E-state index in [1.54, 1.807) is 6.92 Å². The van der Waals surface area contributed by atoms with Crippen LogP contribution in [0, 0.1) is 0 Å². The maximum absolute atomic E-state index is 12.1. The van der Waals surface area contributed by atoms with Gasteiger partial charge in [0, 0.05) is 0 Å². The Labute approximate surface area is 96.1 Å². The number of hydrogen-bond acceptors (Lipinski definition) is 3. The number of alkyl halides is 3. The number of carbonyl (C=O) groups is 1. The highest BCUT2D eigenvalue weighted by Crippen LogP contribution is 2.29. The molecule has 0 atom stereocenters. The van der Waals surface area contributed by atoms with Gasteiger partial charge in [0.05, 0.1) is 12.2 Å². The summed E-state index contributed by atoms with van der Waals surface area (Å²) in [7, 11) is 0. The van der Waals surface area contributed by atoms with Crippen LogP contribution in [0.1, 0.15) is 24.2 Å². The van der Waals surface area contributed by atoms with Gasteiger partial charge >= 0.3 is 6.36 Å². The molecule has 3 nitrogen and oxygen atoms in total. The molecule has 0 saturated heterocycles. The Morgan fingerprint density at radius 2 is 2.00 bits per heavy atom. The van der Waals surface area contributed by atoms with Gasteiger partial charge in [-0.05, 0) is 32.0 Å². The van der Waals surface area contributed by atoms with E-state index in [-0.39, 0.29) is 5.56 Å². The summed E-state index contributed by atoms with van der Waals surface area (Å²) in [4.78, 5) is 11.2. The third kappa shape index (κ3) is 3.97. The van der Waals surface area contributed by atoms with Gasteiger partial charge in [0.1, 0.15) is 11.5 Å². The number of Topliss-reactive ketones (excluding diaryl/α,β-unsaturated/α-hetero) is 1. The second-order valence-electron chi connectivity index (χ2n) is 3.19. The minimum atomic E-state index is -4.82. The predicted octanol–water partition coefficient (Wildman–Crippen LogP) is 3.19. The Balaban J connectivity index is 3.09. The molecule has 0 bridgehead atoms. The van der Waals surface area contributed by atoms with Crippen LogP contribution in [-0.4, -0.2) is 18.8 Å². The molecule has 6 heteroatoms. The first-order valence-electron chi connectivity index (χ1n) is 4.87. The summed E-state index contributed by atoms with van der Waals surface area (Å²) in [6, 6.07) is 3.61. The van der Waals surface area contributed by atoms with Crippen LogP contribution in [0.15, 0.2) is 18.2 Å². The largest absolute Gasteiger partial charge is 0.573 e. The minimum Gasteiger partial charge on any atom is -0.494 e. The standard InChI is InChI=1S/C11H11F3O3/c1-3-16-8-4-5-10(17-11(12,13)14)9(6-8)7(2)15/h4-6H,3H2,1-2H3. The van der Waals surface area contributed by atoms with E-state index in [1.807, 2.05) is 0 Å². The Kier molecular flexibility index (Phi) is 3.98. The summed E-state index contributed by atoms with van der Waals surface area (Å²) in [6.07, 6.45) is -4.82. The molecule has 0 unspecified atom stereocenters. The smallest absolute Gasteiger partial charge is 0.494 e. The van der Waals surface area contributed by atoms with Gasteiger partial charge in [-0.25, -0.2) is 0 Å². The van der Waals surface area contributed by atoms with Gasteiger partial charge in [-0.2, -0.15) is 0 Å². The molecule has 0 heterocycles. The summed E-state index contributed by atoms with van der Waals surface area (Å²) in [5, 5.41) is 0. The second kappa shape index (κ2) is 5.07. The topological polar surface area (TPSA) is 35.5 Å². The Bertz CT molecular complexity index is 413. The summed E-state index contributed by atoms with van der Waals surface area (Å²) < 4.78 is 45.0. The number of hydrogen-bond donors (Lipinski definition) is 0. The van der Waals surface area contributed by atoms with Crippen molar-refractivity contribution in [3.8, 4) is 11.5 Å². The van der Waals surface area contributed by atoms with E-state index < -0.39 is 17.9 Å². The Hall–Kier alpha value is -1.72. The molecule has 1 aromatic carbocycles. The van der Waals surface area contributed by atoms with Crippen LogP contribution < -0.4 is 9.47 Å². The zero-order valence-electron chi connectivity index (χ0n) is 9.30. The van der Waals surface area contributed by atoms with Crippen molar-refractivity contribution < 1.29 is 27.4 Å². The van der Waals surface area contributed by atoms with Crippen molar-refractivity contribution in [3.05, 3.63) is 23.8 Å². The summed E-state index contributed by atoms with van der Waals surface area (Å²) in [5.41, 5.74) is -0.159. The predicted molar refractivity (Wildman–Crippen MR) is 54.3 cm³/mol. The van der Waals surface area contributed by atoms with E-state index in [0.717, 1.165) is 13.0 Å². The van der Waals surface area contributed by atoms with Crippen LogP contribution in [-0.2, 0) is 0 Å². The lowest BCUT2D eigenvalue weighted by Crippen LogP contribution is -2.18. The quantitative estimate of drug-likeness (QED) is 0.767. The molecule has 0 aliphatic carbocycles. The average Bonchev–Trinajstić information content (AvgIpc) is 2.18. The van der Waals surface area contributed by atoms with E-state index in [0.29, 0.717) is 12.4 Å². The molecule has 17 heavy (non-hydrogen) atoms. The van der Waals surface area contributed by atoms with Crippen molar-refractivity contribution in [2.75, 3.05) is 6.61 Å². The number of halogens is 3. The van der Waals surface area contributed by atoms with E-state index in [9.17, 15) is 18.0 Å². The Morgan fingerprint density at radius 1 is 1.35 bits per heavy atom. The third-order valence-electron chi connectivity index (χ3n) is 1.87. The van der Waals surface area contributed by atoms with Crippen LogP contribution in [0.3, 0.4) is 0 Å². The summed E-state index contributed by atoms with van der Waals surface area (Å²) >= 11 is 0. The van der Waals surface area contributed by atoms with Gasteiger partial charge in [-0.15, -0.1) is 13.2 Å². The SMILES string of the molecule is CCOc1ccc(OC(F)(F)F)c(C(C)=O)c1.